The molecule has 0 amide bonds. The highest BCUT2D eigenvalue weighted by molar-refractivity contribution is 5.92. The van der Waals surface area contributed by atoms with Crippen LogP contribution in [0, 0.1) is 0 Å². The van der Waals surface area contributed by atoms with E-state index in [-0.39, 0.29) is 5.92 Å². The number of nitrogens with zero attached hydrogens (tertiary/aromatic N) is 3. The number of piperidine rings is 1. The second kappa shape index (κ2) is 7.40. The first kappa shape index (κ1) is 17.5. The zero-order chi connectivity index (χ0) is 18.8. The van der Waals surface area contributed by atoms with Crippen LogP contribution in [0.1, 0.15) is 17.9 Å². The summed E-state index contributed by atoms with van der Waals surface area (Å²) in [6.45, 7) is 1.34. The molecule has 1 aromatic heterocycles. The molecule has 0 aliphatic carbocycles. The van der Waals surface area contributed by atoms with E-state index in [9.17, 15) is 5.11 Å². The molecule has 2 heterocycles. The molecule has 1 N–H and O–H groups in total. The predicted octanol–water partition coefficient (Wildman–Crippen LogP) is 3.00. The Labute approximate surface area is 158 Å². The normalized spacial score (nSPS) is 19.9. The van der Waals surface area contributed by atoms with Gasteiger partial charge in [0.05, 0.1) is 25.8 Å². The molecule has 3 aromatic rings. The van der Waals surface area contributed by atoms with Gasteiger partial charge in [-0.05, 0) is 18.1 Å². The zero-order valence-corrected chi connectivity index (χ0v) is 15.5. The van der Waals surface area contributed by atoms with Crippen molar-refractivity contribution in [1.29, 1.82) is 0 Å². The highest BCUT2D eigenvalue weighted by Gasteiger charge is 2.29. The molecule has 1 saturated heterocycles. The number of β-amino-alcohol motifs (C(OH)–C–C–N with tert-alkyl or cyclic N) is 1. The maximum atomic E-state index is 10.5. The third kappa shape index (κ3) is 3.40. The smallest absolute Gasteiger partial charge is 0.162 e. The van der Waals surface area contributed by atoms with Gasteiger partial charge >= 0.3 is 0 Å². The van der Waals surface area contributed by atoms with Gasteiger partial charge in [0, 0.05) is 30.5 Å². The molecule has 0 radical (unpaired) electrons. The largest absolute Gasteiger partial charge is 0.493 e. The summed E-state index contributed by atoms with van der Waals surface area (Å²) in [5.41, 5.74) is 2.02. The SMILES string of the molecule is COc1cc2ncnc(N3C[C@@H](O)C[C@H](c4ccccc4)C3)c2cc1OC. The van der Waals surface area contributed by atoms with E-state index < -0.39 is 6.10 Å². The molecule has 2 aromatic carbocycles. The van der Waals surface area contributed by atoms with Crippen LogP contribution in [0.3, 0.4) is 0 Å². The molecule has 27 heavy (non-hydrogen) atoms. The van der Waals surface area contributed by atoms with Crippen molar-refractivity contribution in [3.8, 4) is 11.5 Å². The van der Waals surface area contributed by atoms with Crippen LogP contribution < -0.4 is 14.4 Å². The molecule has 0 bridgehead atoms. The number of hydrogen-bond acceptors (Lipinski definition) is 6. The highest BCUT2D eigenvalue weighted by atomic mass is 16.5. The Bertz CT molecular complexity index is 933. The van der Waals surface area contributed by atoms with Crippen LogP contribution in [0.2, 0.25) is 0 Å². The number of ether oxygens (including phenoxy) is 2. The minimum Gasteiger partial charge on any atom is -0.493 e. The molecule has 1 fully saturated rings. The van der Waals surface area contributed by atoms with Gasteiger partial charge in [0.1, 0.15) is 12.1 Å². The van der Waals surface area contributed by atoms with Crippen LogP contribution in [0.25, 0.3) is 10.9 Å². The third-order valence-corrected chi connectivity index (χ3v) is 5.12. The first-order valence-corrected chi connectivity index (χ1v) is 9.04. The Balaban J connectivity index is 1.74. The Hall–Kier alpha value is -2.86. The number of benzene rings is 2. The van der Waals surface area contributed by atoms with Crippen LogP contribution in [0.5, 0.6) is 11.5 Å². The van der Waals surface area contributed by atoms with Gasteiger partial charge in [-0.1, -0.05) is 30.3 Å². The lowest BCUT2D eigenvalue weighted by molar-refractivity contribution is 0.144. The number of fused-ring (bicyclic) bond motifs is 1. The summed E-state index contributed by atoms with van der Waals surface area (Å²) in [5.74, 6) is 2.33. The molecule has 140 valence electrons. The maximum Gasteiger partial charge on any atom is 0.162 e. The summed E-state index contributed by atoms with van der Waals surface area (Å²) in [6, 6.07) is 14.1. The van der Waals surface area contributed by atoms with Gasteiger partial charge in [-0.15, -0.1) is 0 Å². The summed E-state index contributed by atoms with van der Waals surface area (Å²) in [6.07, 6.45) is 1.90. The quantitative estimate of drug-likeness (QED) is 0.767. The molecule has 1 aliphatic heterocycles. The monoisotopic (exact) mass is 365 g/mol. The summed E-state index contributed by atoms with van der Waals surface area (Å²) < 4.78 is 10.8. The number of aliphatic hydroxyl groups is 1. The van der Waals surface area contributed by atoms with Crippen molar-refractivity contribution in [2.24, 2.45) is 0 Å². The van der Waals surface area contributed by atoms with Crippen molar-refractivity contribution in [2.75, 3.05) is 32.2 Å². The fourth-order valence-electron chi connectivity index (χ4n) is 3.83. The van der Waals surface area contributed by atoms with Gasteiger partial charge in [0.15, 0.2) is 11.5 Å². The molecule has 1 aliphatic rings. The minimum atomic E-state index is -0.408. The molecule has 6 heteroatoms. The van der Waals surface area contributed by atoms with E-state index >= 15 is 0 Å². The van der Waals surface area contributed by atoms with Crippen molar-refractivity contribution in [3.05, 3.63) is 54.4 Å². The van der Waals surface area contributed by atoms with Crippen LogP contribution in [-0.4, -0.2) is 48.5 Å². The minimum absolute atomic E-state index is 0.250. The van der Waals surface area contributed by atoms with E-state index in [0.29, 0.717) is 18.0 Å². The number of methoxy groups -OCH3 is 2. The van der Waals surface area contributed by atoms with Crippen molar-refractivity contribution in [3.63, 3.8) is 0 Å². The van der Waals surface area contributed by atoms with E-state index in [1.165, 1.54) is 5.56 Å². The Morgan fingerprint density at radius 1 is 1.00 bits per heavy atom. The van der Waals surface area contributed by atoms with Crippen LogP contribution in [0.4, 0.5) is 5.82 Å². The maximum absolute atomic E-state index is 10.5. The fraction of sp³-hybridized carbons (Fsp3) is 0.333. The van der Waals surface area contributed by atoms with E-state index in [1.54, 1.807) is 20.5 Å². The number of aliphatic hydroxyl groups excluding tert-OH is 1. The van der Waals surface area contributed by atoms with E-state index in [2.05, 4.69) is 27.0 Å². The van der Waals surface area contributed by atoms with Crippen molar-refractivity contribution < 1.29 is 14.6 Å². The molecule has 0 spiro atoms. The first-order chi connectivity index (χ1) is 13.2. The van der Waals surface area contributed by atoms with Crippen molar-refractivity contribution in [1.82, 2.24) is 9.97 Å². The van der Waals surface area contributed by atoms with Gasteiger partial charge < -0.3 is 19.5 Å². The van der Waals surface area contributed by atoms with Crippen molar-refractivity contribution >= 4 is 16.7 Å². The van der Waals surface area contributed by atoms with E-state index in [0.717, 1.165) is 29.7 Å². The summed E-state index contributed by atoms with van der Waals surface area (Å²) >= 11 is 0. The second-order valence-corrected chi connectivity index (χ2v) is 6.82. The van der Waals surface area contributed by atoms with Gasteiger partial charge in [0.25, 0.3) is 0 Å². The number of anilines is 1. The summed E-state index contributed by atoms with van der Waals surface area (Å²) in [5, 5.41) is 11.4. The summed E-state index contributed by atoms with van der Waals surface area (Å²) in [7, 11) is 3.22. The predicted molar refractivity (Wildman–Crippen MR) is 105 cm³/mol. The molecule has 2 atom stereocenters. The van der Waals surface area contributed by atoms with Crippen molar-refractivity contribution in [2.45, 2.75) is 18.4 Å². The van der Waals surface area contributed by atoms with Crippen LogP contribution in [0.15, 0.2) is 48.8 Å². The van der Waals surface area contributed by atoms with Gasteiger partial charge in [-0.2, -0.15) is 0 Å². The average molecular weight is 365 g/mol. The van der Waals surface area contributed by atoms with Gasteiger partial charge in [-0.25, -0.2) is 9.97 Å². The topological polar surface area (TPSA) is 67.7 Å². The molecule has 0 saturated carbocycles. The van der Waals surface area contributed by atoms with Gasteiger partial charge in [0.2, 0.25) is 0 Å². The molecule has 4 rings (SSSR count). The van der Waals surface area contributed by atoms with Gasteiger partial charge in [-0.3, -0.25) is 0 Å². The summed E-state index contributed by atoms with van der Waals surface area (Å²) in [4.78, 5) is 11.1. The third-order valence-electron chi connectivity index (χ3n) is 5.12. The lowest BCUT2D eigenvalue weighted by Gasteiger charge is -2.37. The molecule has 0 unspecified atom stereocenters. The van der Waals surface area contributed by atoms with E-state index in [4.69, 9.17) is 9.47 Å². The standard InChI is InChI=1S/C21H23N3O3/c1-26-19-9-17-18(10-20(19)27-2)22-13-23-21(17)24-11-15(8-16(25)12-24)14-6-4-3-5-7-14/h3-7,9-10,13,15-16,25H,8,11-12H2,1-2H3/t15-,16-/m0/s1. The lowest BCUT2D eigenvalue weighted by Crippen LogP contribution is -2.42. The second-order valence-electron chi connectivity index (χ2n) is 6.82. The molecular weight excluding hydrogens is 342 g/mol. The first-order valence-electron chi connectivity index (χ1n) is 9.04. The lowest BCUT2D eigenvalue weighted by atomic mass is 9.89. The molecule has 6 nitrogen and oxygen atoms in total. The Kier molecular flexibility index (Phi) is 4.81. The van der Waals surface area contributed by atoms with E-state index in [1.807, 2.05) is 30.3 Å². The van der Waals surface area contributed by atoms with Crippen LogP contribution in [-0.2, 0) is 0 Å². The number of hydrogen-bond donors (Lipinski definition) is 1. The number of rotatable bonds is 4. The zero-order valence-electron chi connectivity index (χ0n) is 15.5. The Morgan fingerprint density at radius 3 is 2.48 bits per heavy atom. The fourth-order valence-corrected chi connectivity index (χ4v) is 3.83. The molecular formula is C21H23N3O3. The number of aromatic nitrogens is 2. The highest BCUT2D eigenvalue weighted by Crippen LogP contribution is 2.37. The average Bonchev–Trinajstić information content (AvgIpc) is 2.72. The van der Waals surface area contributed by atoms with Crippen LogP contribution >= 0.6 is 0 Å². The Morgan fingerprint density at radius 2 is 1.74 bits per heavy atom.